The van der Waals surface area contributed by atoms with E-state index in [0.717, 1.165) is 29.3 Å². The Morgan fingerprint density at radius 1 is 1.26 bits per heavy atom. The summed E-state index contributed by atoms with van der Waals surface area (Å²) in [6, 6.07) is 10.0. The number of carbonyl (C=O) groups excluding carboxylic acids is 1. The third-order valence-electron chi connectivity index (χ3n) is 3.95. The van der Waals surface area contributed by atoms with E-state index in [-0.39, 0.29) is 6.10 Å². The molecule has 0 spiro atoms. The first-order valence-corrected chi connectivity index (χ1v) is 7.93. The predicted molar refractivity (Wildman–Crippen MR) is 79.2 cm³/mol. The van der Waals surface area contributed by atoms with E-state index < -0.39 is 0 Å². The number of fused-ring (bicyclic) bond motifs is 1. The fourth-order valence-electron chi connectivity index (χ4n) is 3.13. The molecule has 1 aliphatic carbocycles. The standard InChI is InChI=1S/C16H17BrO2/c17-8-4-7-14-16-12(10-19-14)9-13(18)15(16)11-5-2-1-3-6-11/h1-3,5-6,12,14H,4,7-10H2/t12-,14+/m1/s1. The maximum absolute atomic E-state index is 12.3. The lowest BCUT2D eigenvalue weighted by molar-refractivity contribution is -0.113. The first-order valence-electron chi connectivity index (χ1n) is 6.81. The van der Waals surface area contributed by atoms with Crippen LogP contribution in [0.1, 0.15) is 24.8 Å². The molecule has 0 radical (unpaired) electrons. The van der Waals surface area contributed by atoms with Gasteiger partial charge in [-0.15, -0.1) is 0 Å². The Hall–Kier alpha value is -0.930. The van der Waals surface area contributed by atoms with E-state index in [1.165, 1.54) is 5.57 Å². The second-order valence-electron chi connectivity index (χ2n) is 5.17. The van der Waals surface area contributed by atoms with Gasteiger partial charge in [-0.2, -0.15) is 0 Å². The molecule has 1 heterocycles. The number of allylic oxidation sites excluding steroid dienone is 1. The number of ketones is 1. The molecule has 2 aliphatic rings. The molecule has 1 aromatic rings. The third kappa shape index (κ3) is 2.41. The maximum Gasteiger partial charge on any atom is 0.164 e. The summed E-state index contributed by atoms with van der Waals surface area (Å²) in [5.74, 6) is 0.612. The first-order chi connectivity index (χ1) is 9.31. The van der Waals surface area contributed by atoms with Crippen LogP contribution in [0, 0.1) is 5.92 Å². The van der Waals surface area contributed by atoms with Gasteiger partial charge >= 0.3 is 0 Å². The molecular weight excluding hydrogens is 304 g/mol. The molecule has 2 nitrogen and oxygen atoms in total. The molecule has 0 saturated carbocycles. The van der Waals surface area contributed by atoms with Crippen molar-refractivity contribution in [3.05, 3.63) is 41.5 Å². The summed E-state index contributed by atoms with van der Waals surface area (Å²) in [7, 11) is 0. The molecule has 0 bridgehead atoms. The number of halogens is 1. The molecule has 0 N–H and O–H groups in total. The highest BCUT2D eigenvalue weighted by Crippen LogP contribution is 2.43. The lowest BCUT2D eigenvalue weighted by Gasteiger charge is -2.13. The molecule has 3 rings (SSSR count). The molecule has 19 heavy (non-hydrogen) atoms. The van der Waals surface area contributed by atoms with Crippen molar-refractivity contribution in [3.63, 3.8) is 0 Å². The summed E-state index contributed by atoms with van der Waals surface area (Å²) in [6.45, 7) is 0.713. The van der Waals surface area contributed by atoms with Crippen LogP contribution in [0.4, 0.5) is 0 Å². The molecule has 100 valence electrons. The smallest absolute Gasteiger partial charge is 0.164 e. The average Bonchev–Trinajstić information content (AvgIpc) is 2.95. The largest absolute Gasteiger partial charge is 0.373 e. The minimum atomic E-state index is 0.143. The van der Waals surface area contributed by atoms with E-state index in [0.29, 0.717) is 24.7 Å². The summed E-state index contributed by atoms with van der Waals surface area (Å²) >= 11 is 3.46. The molecular formula is C16H17BrO2. The van der Waals surface area contributed by atoms with Crippen LogP contribution in [-0.2, 0) is 9.53 Å². The highest BCUT2D eigenvalue weighted by Gasteiger charge is 2.41. The molecule has 1 saturated heterocycles. The topological polar surface area (TPSA) is 26.3 Å². The van der Waals surface area contributed by atoms with Crippen LogP contribution >= 0.6 is 15.9 Å². The van der Waals surface area contributed by atoms with E-state index >= 15 is 0 Å². The number of benzene rings is 1. The van der Waals surface area contributed by atoms with Gasteiger partial charge in [0.25, 0.3) is 0 Å². The second kappa shape index (κ2) is 5.59. The summed E-state index contributed by atoms with van der Waals surface area (Å²) in [6.07, 6.45) is 2.85. The predicted octanol–water partition coefficient (Wildman–Crippen LogP) is 3.60. The summed E-state index contributed by atoms with van der Waals surface area (Å²) in [4.78, 5) is 12.3. The average molecular weight is 321 g/mol. The molecule has 2 atom stereocenters. The number of Topliss-reactive ketones (excluding diaryl/α,β-unsaturated/α-hetero) is 1. The Morgan fingerprint density at radius 2 is 2.05 bits per heavy atom. The van der Waals surface area contributed by atoms with Crippen LogP contribution < -0.4 is 0 Å². The monoisotopic (exact) mass is 320 g/mol. The fraction of sp³-hybridized carbons (Fsp3) is 0.438. The number of carbonyl (C=O) groups is 1. The minimum absolute atomic E-state index is 0.143. The van der Waals surface area contributed by atoms with Crippen molar-refractivity contribution in [3.8, 4) is 0 Å². The van der Waals surface area contributed by atoms with Gasteiger partial charge in [-0.05, 0) is 24.0 Å². The normalized spacial score (nSPS) is 26.1. The van der Waals surface area contributed by atoms with Crippen LogP contribution in [0.3, 0.4) is 0 Å². The summed E-state index contributed by atoms with van der Waals surface area (Å²) in [5, 5.41) is 0.986. The van der Waals surface area contributed by atoms with E-state index in [4.69, 9.17) is 4.74 Å². The zero-order valence-corrected chi connectivity index (χ0v) is 12.4. The Balaban J connectivity index is 1.98. The van der Waals surface area contributed by atoms with Crippen LogP contribution in [-0.4, -0.2) is 23.8 Å². The van der Waals surface area contributed by atoms with Crippen molar-refractivity contribution in [1.82, 2.24) is 0 Å². The number of ether oxygens (including phenoxy) is 1. The molecule has 0 aromatic heterocycles. The first kappa shape index (κ1) is 13.1. The lowest BCUT2D eigenvalue weighted by atomic mass is 9.94. The zero-order chi connectivity index (χ0) is 13.2. The van der Waals surface area contributed by atoms with Crippen LogP contribution in [0.25, 0.3) is 5.57 Å². The van der Waals surface area contributed by atoms with Gasteiger partial charge in [-0.1, -0.05) is 46.3 Å². The van der Waals surface area contributed by atoms with E-state index in [1.54, 1.807) is 0 Å². The van der Waals surface area contributed by atoms with Crippen molar-refractivity contribution >= 4 is 27.3 Å². The van der Waals surface area contributed by atoms with Crippen molar-refractivity contribution in [2.45, 2.75) is 25.4 Å². The molecule has 1 aromatic carbocycles. The van der Waals surface area contributed by atoms with Gasteiger partial charge in [0.05, 0.1) is 12.7 Å². The Kier molecular flexibility index (Phi) is 3.85. The summed E-state index contributed by atoms with van der Waals surface area (Å²) in [5.41, 5.74) is 3.25. The molecule has 1 aliphatic heterocycles. The Morgan fingerprint density at radius 3 is 2.79 bits per heavy atom. The quantitative estimate of drug-likeness (QED) is 0.792. The second-order valence-corrected chi connectivity index (χ2v) is 5.97. The van der Waals surface area contributed by atoms with Crippen LogP contribution in [0.15, 0.2) is 35.9 Å². The maximum atomic E-state index is 12.3. The van der Waals surface area contributed by atoms with E-state index in [2.05, 4.69) is 15.9 Å². The molecule has 0 unspecified atom stereocenters. The lowest BCUT2D eigenvalue weighted by Crippen LogP contribution is -2.10. The van der Waals surface area contributed by atoms with Gasteiger partial charge in [0.2, 0.25) is 0 Å². The Bertz CT molecular complexity index is 507. The van der Waals surface area contributed by atoms with Gasteiger partial charge in [0.1, 0.15) is 0 Å². The van der Waals surface area contributed by atoms with Crippen molar-refractivity contribution in [2.75, 3.05) is 11.9 Å². The number of rotatable bonds is 4. The minimum Gasteiger partial charge on any atom is -0.373 e. The number of hydrogen-bond donors (Lipinski definition) is 0. The SMILES string of the molecule is O=C1C[C@@H]2CO[C@@H](CCCBr)C2=C1c1ccccc1. The van der Waals surface area contributed by atoms with Gasteiger partial charge < -0.3 is 4.74 Å². The van der Waals surface area contributed by atoms with Crippen molar-refractivity contribution in [1.29, 1.82) is 0 Å². The van der Waals surface area contributed by atoms with E-state index in [1.807, 2.05) is 30.3 Å². The molecule has 1 fully saturated rings. The van der Waals surface area contributed by atoms with Crippen LogP contribution in [0.2, 0.25) is 0 Å². The van der Waals surface area contributed by atoms with Crippen LogP contribution in [0.5, 0.6) is 0 Å². The third-order valence-corrected chi connectivity index (χ3v) is 4.51. The molecule has 0 amide bonds. The molecule has 3 heteroatoms. The highest BCUT2D eigenvalue weighted by atomic mass is 79.9. The van der Waals surface area contributed by atoms with E-state index in [9.17, 15) is 4.79 Å². The van der Waals surface area contributed by atoms with Gasteiger partial charge in [-0.3, -0.25) is 4.79 Å². The summed E-state index contributed by atoms with van der Waals surface area (Å²) < 4.78 is 5.89. The van der Waals surface area contributed by atoms with Gasteiger partial charge in [0, 0.05) is 23.2 Å². The number of alkyl halides is 1. The van der Waals surface area contributed by atoms with Gasteiger partial charge in [-0.25, -0.2) is 0 Å². The highest BCUT2D eigenvalue weighted by molar-refractivity contribution is 9.09. The van der Waals surface area contributed by atoms with Crippen molar-refractivity contribution < 1.29 is 9.53 Å². The fourth-order valence-corrected chi connectivity index (χ4v) is 3.45. The van der Waals surface area contributed by atoms with Crippen molar-refractivity contribution in [2.24, 2.45) is 5.92 Å². The van der Waals surface area contributed by atoms with Gasteiger partial charge in [0.15, 0.2) is 5.78 Å². The number of hydrogen-bond acceptors (Lipinski definition) is 2. The Labute approximate surface area is 122 Å². The zero-order valence-electron chi connectivity index (χ0n) is 10.8.